The van der Waals surface area contributed by atoms with Crippen LogP contribution in [0.4, 0.5) is 4.79 Å². The van der Waals surface area contributed by atoms with Crippen molar-refractivity contribution >= 4 is 6.09 Å². The van der Waals surface area contributed by atoms with E-state index in [1.165, 1.54) is 0 Å². The molecule has 0 radical (unpaired) electrons. The second-order valence-electron chi connectivity index (χ2n) is 3.68. The van der Waals surface area contributed by atoms with Gasteiger partial charge in [0.15, 0.2) is 0 Å². The molecule has 1 rings (SSSR count). The summed E-state index contributed by atoms with van der Waals surface area (Å²) < 4.78 is 10.1. The lowest BCUT2D eigenvalue weighted by Crippen LogP contribution is -2.46. The number of carbonyl (C=O) groups excluding carboxylic acids is 1. The van der Waals surface area contributed by atoms with Crippen LogP contribution in [0.1, 0.15) is 13.8 Å². The molecule has 1 fully saturated rings. The number of alkyl carbamates (subject to hydrolysis) is 1. The lowest BCUT2D eigenvalue weighted by Gasteiger charge is -2.29. The second-order valence-corrected chi connectivity index (χ2v) is 3.68. The lowest BCUT2D eigenvalue weighted by molar-refractivity contribution is 0.0342. The average Bonchev–Trinajstić information content (AvgIpc) is 2.19. The van der Waals surface area contributed by atoms with E-state index in [0.29, 0.717) is 6.61 Å². The number of hydrogen-bond acceptors (Lipinski definition) is 4. The molecule has 0 saturated carbocycles. The molecule has 0 aliphatic carbocycles. The molecule has 88 valence electrons. The van der Waals surface area contributed by atoms with E-state index in [-0.39, 0.29) is 12.1 Å². The van der Waals surface area contributed by atoms with Crippen molar-refractivity contribution in [1.82, 2.24) is 10.2 Å². The highest BCUT2D eigenvalue weighted by Crippen LogP contribution is 1.98. The van der Waals surface area contributed by atoms with Gasteiger partial charge in [-0.25, -0.2) is 4.79 Å². The van der Waals surface area contributed by atoms with E-state index in [0.717, 1.165) is 32.8 Å². The third-order valence-corrected chi connectivity index (χ3v) is 2.28. The van der Waals surface area contributed by atoms with Crippen LogP contribution >= 0.6 is 0 Å². The quantitative estimate of drug-likeness (QED) is 0.741. The van der Waals surface area contributed by atoms with Crippen molar-refractivity contribution in [3.8, 4) is 0 Å². The fourth-order valence-corrected chi connectivity index (χ4v) is 1.59. The normalized spacial score (nSPS) is 19.6. The summed E-state index contributed by atoms with van der Waals surface area (Å²) in [5.41, 5.74) is 0. The molecule has 0 spiro atoms. The summed E-state index contributed by atoms with van der Waals surface area (Å²) >= 11 is 0. The van der Waals surface area contributed by atoms with E-state index in [2.05, 4.69) is 10.2 Å². The van der Waals surface area contributed by atoms with Crippen molar-refractivity contribution in [2.75, 3.05) is 39.5 Å². The van der Waals surface area contributed by atoms with E-state index >= 15 is 0 Å². The van der Waals surface area contributed by atoms with Gasteiger partial charge in [0.2, 0.25) is 0 Å². The zero-order chi connectivity index (χ0) is 11.1. The smallest absolute Gasteiger partial charge is 0.407 e. The van der Waals surface area contributed by atoms with Crippen molar-refractivity contribution in [2.24, 2.45) is 0 Å². The Hall–Kier alpha value is -0.810. The van der Waals surface area contributed by atoms with Gasteiger partial charge in [-0.15, -0.1) is 0 Å². The third kappa shape index (κ3) is 4.99. The van der Waals surface area contributed by atoms with Crippen LogP contribution in [0.25, 0.3) is 0 Å². The van der Waals surface area contributed by atoms with Crippen molar-refractivity contribution in [3.63, 3.8) is 0 Å². The van der Waals surface area contributed by atoms with Crippen LogP contribution in [0.2, 0.25) is 0 Å². The molecule has 1 aliphatic rings. The summed E-state index contributed by atoms with van der Waals surface area (Å²) in [4.78, 5) is 13.4. The summed E-state index contributed by atoms with van der Waals surface area (Å²) in [7, 11) is 0. The van der Waals surface area contributed by atoms with Crippen molar-refractivity contribution < 1.29 is 14.3 Å². The largest absolute Gasteiger partial charge is 0.450 e. The number of rotatable bonds is 4. The van der Waals surface area contributed by atoms with Crippen LogP contribution in [0.15, 0.2) is 0 Å². The van der Waals surface area contributed by atoms with E-state index < -0.39 is 0 Å². The third-order valence-electron chi connectivity index (χ3n) is 2.28. The molecule has 1 aliphatic heterocycles. The topological polar surface area (TPSA) is 50.8 Å². The molecule has 1 N–H and O–H groups in total. The standard InChI is InChI=1S/C10H20N2O3/c1-3-15-10(13)11-9(2)8-12-4-6-14-7-5-12/h9H,3-8H2,1-2H3,(H,11,13). The molecule has 1 saturated heterocycles. The minimum atomic E-state index is -0.335. The maximum Gasteiger partial charge on any atom is 0.407 e. The number of hydrogen-bond donors (Lipinski definition) is 1. The van der Waals surface area contributed by atoms with Gasteiger partial charge in [-0.1, -0.05) is 0 Å². The van der Waals surface area contributed by atoms with Gasteiger partial charge in [-0.3, -0.25) is 4.90 Å². The molecule has 0 aromatic heterocycles. The van der Waals surface area contributed by atoms with E-state index in [1.54, 1.807) is 6.92 Å². The predicted molar refractivity (Wildman–Crippen MR) is 56.9 cm³/mol. The van der Waals surface area contributed by atoms with Crippen LogP contribution in [0, 0.1) is 0 Å². The fourth-order valence-electron chi connectivity index (χ4n) is 1.59. The first-order valence-electron chi connectivity index (χ1n) is 5.45. The monoisotopic (exact) mass is 216 g/mol. The van der Waals surface area contributed by atoms with E-state index in [9.17, 15) is 4.79 Å². The first-order valence-corrected chi connectivity index (χ1v) is 5.45. The summed E-state index contributed by atoms with van der Waals surface area (Å²) in [6.07, 6.45) is -0.335. The van der Waals surface area contributed by atoms with Gasteiger partial charge >= 0.3 is 6.09 Å². The predicted octanol–water partition coefficient (Wildman–Crippen LogP) is 0.453. The number of nitrogens with one attached hydrogen (secondary N) is 1. The van der Waals surface area contributed by atoms with Crippen LogP contribution in [-0.2, 0) is 9.47 Å². The number of morpholine rings is 1. The molecule has 1 unspecified atom stereocenters. The molecule has 15 heavy (non-hydrogen) atoms. The Bertz CT molecular complexity index is 193. The molecule has 1 amide bonds. The number of carbonyl (C=O) groups is 1. The van der Waals surface area contributed by atoms with Gasteiger partial charge in [0.1, 0.15) is 0 Å². The Morgan fingerprint density at radius 2 is 2.20 bits per heavy atom. The van der Waals surface area contributed by atoms with Gasteiger partial charge in [-0.2, -0.15) is 0 Å². The Labute approximate surface area is 90.7 Å². The first-order chi connectivity index (χ1) is 7.22. The SMILES string of the molecule is CCOC(=O)NC(C)CN1CCOCC1. The van der Waals surface area contributed by atoms with E-state index in [1.807, 2.05) is 6.92 Å². The van der Waals surface area contributed by atoms with Crippen LogP contribution in [-0.4, -0.2) is 56.5 Å². The fraction of sp³-hybridized carbons (Fsp3) is 0.900. The van der Waals surface area contributed by atoms with Crippen LogP contribution < -0.4 is 5.32 Å². The Kier molecular flexibility index (Phi) is 5.42. The van der Waals surface area contributed by atoms with Gasteiger partial charge in [0.05, 0.1) is 19.8 Å². The van der Waals surface area contributed by atoms with Gasteiger partial charge < -0.3 is 14.8 Å². The molecule has 1 atom stereocenters. The Morgan fingerprint density at radius 3 is 2.80 bits per heavy atom. The maximum absolute atomic E-state index is 11.1. The minimum absolute atomic E-state index is 0.113. The number of amides is 1. The zero-order valence-electron chi connectivity index (χ0n) is 9.49. The zero-order valence-corrected chi connectivity index (χ0v) is 9.49. The molecule has 0 aromatic rings. The van der Waals surface area contributed by atoms with Gasteiger partial charge in [0.25, 0.3) is 0 Å². The highest BCUT2D eigenvalue weighted by Gasteiger charge is 2.15. The van der Waals surface area contributed by atoms with Gasteiger partial charge in [0, 0.05) is 25.7 Å². The number of ether oxygens (including phenoxy) is 2. The molecule has 1 heterocycles. The Morgan fingerprint density at radius 1 is 1.53 bits per heavy atom. The Balaban J connectivity index is 2.16. The summed E-state index contributed by atoms with van der Waals surface area (Å²) in [5.74, 6) is 0. The minimum Gasteiger partial charge on any atom is -0.450 e. The lowest BCUT2D eigenvalue weighted by atomic mass is 10.3. The number of nitrogens with zero attached hydrogens (tertiary/aromatic N) is 1. The van der Waals surface area contributed by atoms with Crippen LogP contribution in [0.5, 0.6) is 0 Å². The van der Waals surface area contributed by atoms with Crippen molar-refractivity contribution in [2.45, 2.75) is 19.9 Å². The summed E-state index contributed by atoms with van der Waals surface area (Å²) in [6.45, 7) is 8.48. The molecule has 5 nitrogen and oxygen atoms in total. The summed E-state index contributed by atoms with van der Waals surface area (Å²) in [6, 6.07) is 0.113. The maximum atomic E-state index is 11.1. The van der Waals surface area contributed by atoms with Crippen molar-refractivity contribution in [1.29, 1.82) is 0 Å². The molecular weight excluding hydrogens is 196 g/mol. The van der Waals surface area contributed by atoms with E-state index in [4.69, 9.17) is 9.47 Å². The highest BCUT2D eigenvalue weighted by molar-refractivity contribution is 5.67. The van der Waals surface area contributed by atoms with Gasteiger partial charge in [-0.05, 0) is 13.8 Å². The summed E-state index contributed by atoms with van der Waals surface area (Å²) in [5, 5.41) is 2.78. The highest BCUT2D eigenvalue weighted by atomic mass is 16.5. The average molecular weight is 216 g/mol. The molecule has 0 aromatic carbocycles. The first kappa shape index (κ1) is 12.3. The molecular formula is C10H20N2O3. The molecule has 0 bridgehead atoms. The second kappa shape index (κ2) is 6.63. The van der Waals surface area contributed by atoms with Crippen LogP contribution in [0.3, 0.4) is 0 Å². The molecule has 5 heteroatoms. The van der Waals surface area contributed by atoms with Crippen molar-refractivity contribution in [3.05, 3.63) is 0 Å².